The van der Waals surface area contributed by atoms with Crippen LogP contribution in [-0.4, -0.2) is 0 Å². The molecular weight excluding hydrogens is 407 g/mol. The molecule has 1 atom stereocenters. The van der Waals surface area contributed by atoms with E-state index in [9.17, 15) is 0 Å². The van der Waals surface area contributed by atoms with Crippen molar-refractivity contribution < 1.29 is 0 Å². The van der Waals surface area contributed by atoms with Crippen molar-refractivity contribution in [3.05, 3.63) is 76.1 Å². The molecular formula is C26H27PS2. The summed E-state index contributed by atoms with van der Waals surface area (Å²) in [5.41, 5.74) is 7.76. The summed E-state index contributed by atoms with van der Waals surface area (Å²) >= 11 is 3.49. The van der Waals surface area contributed by atoms with Gasteiger partial charge in [0.15, 0.2) is 0 Å². The van der Waals surface area contributed by atoms with Crippen LogP contribution in [0.3, 0.4) is 0 Å². The highest BCUT2D eigenvalue weighted by Gasteiger charge is 2.15. The molecule has 4 aromatic rings. The quantitative estimate of drug-likeness (QED) is 0.283. The Morgan fingerprint density at radius 2 is 1.03 bits per heavy atom. The lowest BCUT2D eigenvalue weighted by Gasteiger charge is -2.16. The molecule has 0 aliphatic heterocycles. The van der Waals surface area contributed by atoms with Crippen molar-refractivity contribution in [2.24, 2.45) is 0 Å². The number of benzene rings is 2. The fourth-order valence-corrected chi connectivity index (χ4v) is 5.61. The van der Waals surface area contributed by atoms with Crippen LogP contribution in [0.15, 0.2) is 76.1 Å². The van der Waals surface area contributed by atoms with Gasteiger partial charge in [0, 0.05) is 0 Å². The molecule has 29 heavy (non-hydrogen) atoms. The Kier molecular flexibility index (Phi) is 7.33. The zero-order valence-corrected chi connectivity index (χ0v) is 19.4. The highest BCUT2D eigenvalue weighted by atomic mass is 32.1. The van der Waals surface area contributed by atoms with Gasteiger partial charge in [-0.25, -0.2) is 0 Å². The SMILES string of the molecule is C1CCCCC1.Pc1ccccc1-c1c(-c2ccsc2)cccc1-c1ccsc1. The standard InChI is InChI=1S/C20H15PS2.C6H12/c21-19-7-2-1-4-18(19)20-16(14-8-10-22-12-14)5-3-6-17(20)15-9-11-23-13-15;1-2-4-6-5-3-1/h1-13H,21H2;1-6H2. The highest BCUT2D eigenvalue weighted by molar-refractivity contribution is 7.28. The third-order valence-corrected chi connectivity index (χ3v) is 7.33. The topological polar surface area (TPSA) is 0 Å². The number of rotatable bonds is 3. The molecule has 0 spiro atoms. The summed E-state index contributed by atoms with van der Waals surface area (Å²) in [4.78, 5) is 0. The monoisotopic (exact) mass is 434 g/mol. The van der Waals surface area contributed by atoms with E-state index < -0.39 is 0 Å². The molecule has 148 valence electrons. The van der Waals surface area contributed by atoms with E-state index in [2.05, 4.69) is 85.4 Å². The molecule has 1 fully saturated rings. The van der Waals surface area contributed by atoms with Gasteiger partial charge in [0.1, 0.15) is 0 Å². The molecule has 0 amide bonds. The van der Waals surface area contributed by atoms with Crippen molar-refractivity contribution in [1.82, 2.24) is 0 Å². The summed E-state index contributed by atoms with van der Waals surface area (Å²) in [6.45, 7) is 0. The average Bonchev–Trinajstić information content (AvgIpc) is 3.50. The van der Waals surface area contributed by atoms with E-state index in [0.29, 0.717) is 0 Å². The molecule has 1 aliphatic rings. The molecule has 0 radical (unpaired) electrons. The first-order valence-corrected chi connectivity index (χ1v) is 12.8. The maximum absolute atomic E-state index is 2.88. The van der Waals surface area contributed by atoms with Crippen LogP contribution in [0.25, 0.3) is 33.4 Å². The first-order valence-electron chi connectivity index (χ1n) is 10.4. The lowest BCUT2D eigenvalue weighted by Crippen LogP contribution is -1.99. The predicted octanol–water partition coefficient (Wildman–Crippen LogP) is 8.65. The Bertz CT molecular complexity index is 949. The third-order valence-electron chi connectivity index (χ3n) is 5.46. The van der Waals surface area contributed by atoms with Crippen LogP contribution in [0, 0.1) is 0 Å². The summed E-state index contributed by atoms with van der Waals surface area (Å²) < 4.78 is 0. The van der Waals surface area contributed by atoms with Crippen molar-refractivity contribution in [3.8, 4) is 33.4 Å². The molecule has 2 aromatic carbocycles. The van der Waals surface area contributed by atoms with E-state index in [1.54, 1.807) is 22.7 Å². The molecule has 1 unspecified atom stereocenters. The largest absolute Gasteiger partial charge is 0.152 e. The second kappa shape index (κ2) is 10.3. The Hall–Kier alpha value is -1.73. The molecule has 5 rings (SSSR count). The maximum atomic E-state index is 2.88. The van der Waals surface area contributed by atoms with E-state index in [1.165, 1.54) is 77.2 Å². The Labute approximate surface area is 184 Å². The molecule has 0 bridgehead atoms. The van der Waals surface area contributed by atoms with E-state index in [1.807, 2.05) is 0 Å². The Balaban J connectivity index is 0.000000294. The van der Waals surface area contributed by atoms with E-state index in [4.69, 9.17) is 0 Å². The van der Waals surface area contributed by atoms with Gasteiger partial charge in [0.05, 0.1) is 0 Å². The van der Waals surface area contributed by atoms with Crippen LogP contribution in [0.2, 0.25) is 0 Å². The molecule has 2 aromatic heterocycles. The van der Waals surface area contributed by atoms with Gasteiger partial charge in [0.2, 0.25) is 0 Å². The van der Waals surface area contributed by atoms with E-state index in [0.717, 1.165) is 0 Å². The summed E-state index contributed by atoms with van der Waals surface area (Å²) in [7, 11) is 2.88. The van der Waals surface area contributed by atoms with Crippen LogP contribution < -0.4 is 5.30 Å². The molecule has 0 nitrogen and oxygen atoms in total. The molecule has 1 aliphatic carbocycles. The fraction of sp³-hybridized carbons (Fsp3) is 0.231. The van der Waals surface area contributed by atoms with E-state index >= 15 is 0 Å². The average molecular weight is 435 g/mol. The van der Waals surface area contributed by atoms with Gasteiger partial charge in [-0.3, -0.25) is 0 Å². The minimum Gasteiger partial charge on any atom is -0.152 e. The van der Waals surface area contributed by atoms with Crippen molar-refractivity contribution >= 4 is 37.2 Å². The first-order chi connectivity index (χ1) is 14.3. The minimum atomic E-state index is 1.23. The second-order valence-corrected chi connectivity index (χ2v) is 9.64. The summed E-state index contributed by atoms with van der Waals surface area (Å²) in [5.74, 6) is 0. The van der Waals surface area contributed by atoms with Crippen molar-refractivity contribution in [1.29, 1.82) is 0 Å². The maximum Gasteiger partial charge on any atom is -0.00145 e. The molecule has 0 N–H and O–H groups in total. The summed E-state index contributed by atoms with van der Waals surface area (Å²) in [5, 5.41) is 9.96. The van der Waals surface area contributed by atoms with Gasteiger partial charge < -0.3 is 0 Å². The first kappa shape index (κ1) is 20.5. The van der Waals surface area contributed by atoms with Gasteiger partial charge in [0.25, 0.3) is 0 Å². The van der Waals surface area contributed by atoms with E-state index in [-0.39, 0.29) is 0 Å². The second-order valence-electron chi connectivity index (χ2n) is 7.46. The Morgan fingerprint density at radius 3 is 1.48 bits per heavy atom. The fourth-order valence-electron chi connectivity index (χ4n) is 3.94. The van der Waals surface area contributed by atoms with Crippen LogP contribution >= 0.6 is 31.9 Å². The number of hydrogen-bond donors (Lipinski definition) is 0. The summed E-state index contributed by atoms with van der Waals surface area (Å²) in [6.07, 6.45) is 9.00. The predicted molar refractivity (Wildman–Crippen MR) is 136 cm³/mol. The molecule has 0 saturated heterocycles. The lowest BCUT2D eigenvalue weighted by atomic mass is 9.89. The van der Waals surface area contributed by atoms with Crippen LogP contribution in [-0.2, 0) is 0 Å². The van der Waals surface area contributed by atoms with Crippen LogP contribution in [0.4, 0.5) is 0 Å². The van der Waals surface area contributed by atoms with Crippen molar-refractivity contribution in [2.75, 3.05) is 0 Å². The zero-order chi connectivity index (χ0) is 19.9. The van der Waals surface area contributed by atoms with Gasteiger partial charge in [-0.1, -0.05) is 81.0 Å². The van der Waals surface area contributed by atoms with Gasteiger partial charge in [-0.15, -0.1) is 9.24 Å². The van der Waals surface area contributed by atoms with Crippen molar-refractivity contribution in [3.63, 3.8) is 0 Å². The van der Waals surface area contributed by atoms with Crippen molar-refractivity contribution in [2.45, 2.75) is 38.5 Å². The third kappa shape index (κ3) is 5.07. The lowest BCUT2D eigenvalue weighted by molar-refractivity contribution is 0.504. The minimum absolute atomic E-state index is 1.23. The van der Waals surface area contributed by atoms with Gasteiger partial charge >= 0.3 is 0 Å². The zero-order valence-electron chi connectivity index (χ0n) is 16.6. The normalized spacial score (nSPS) is 13.6. The smallest absolute Gasteiger partial charge is 0.00145 e. The molecule has 3 heteroatoms. The van der Waals surface area contributed by atoms with Crippen LogP contribution in [0.1, 0.15) is 38.5 Å². The molecule has 2 heterocycles. The number of hydrogen-bond acceptors (Lipinski definition) is 2. The molecule has 1 saturated carbocycles. The number of thiophene rings is 2. The summed E-state index contributed by atoms with van der Waals surface area (Å²) in [6, 6.07) is 19.6. The highest BCUT2D eigenvalue weighted by Crippen LogP contribution is 2.40. The van der Waals surface area contributed by atoms with Crippen LogP contribution in [0.5, 0.6) is 0 Å². The van der Waals surface area contributed by atoms with Gasteiger partial charge in [-0.05, 0) is 72.3 Å². The Morgan fingerprint density at radius 1 is 0.552 bits per heavy atom. The van der Waals surface area contributed by atoms with Gasteiger partial charge in [-0.2, -0.15) is 22.7 Å².